The Bertz CT molecular complexity index is 1060. The molecule has 0 atom stereocenters. The lowest BCUT2D eigenvalue weighted by molar-refractivity contribution is -0.115. The standard InChI is InChI=1S/C23H25N3O3S/c1-15-5-8-19(9-6-15)26(16(2)27)22-25-18(13-30-22)12-24-23(3,4)17-7-10-20-21(11-17)29-14-28-20/h5-11,13,24H,12,14H2,1-4H3. The quantitative estimate of drug-likeness (QED) is 0.612. The van der Waals surface area contributed by atoms with E-state index in [0.717, 1.165) is 34.0 Å². The fourth-order valence-corrected chi connectivity index (χ4v) is 4.19. The van der Waals surface area contributed by atoms with Gasteiger partial charge in [0.05, 0.1) is 11.4 Å². The molecule has 7 heteroatoms. The molecule has 0 aliphatic carbocycles. The molecule has 156 valence electrons. The van der Waals surface area contributed by atoms with Crippen molar-refractivity contribution in [2.45, 2.75) is 39.8 Å². The van der Waals surface area contributed by atoms with Crippen molar-refractivity contribution in [1.29, 1.82) is 0 Å². The lowest BCUT2D eigenvalue weighted by Crippen LogP contribution is -2.36. The van der Waals surface area contributed by atoms with E-state index >= 15 is 0 Å². The molecule has 1 aliphatic heterocycles. The summed E-state index contributed by atoms with van der Waals surface area (Å²) in [6.45, 7) is 8.66. The number of amides is 1. The Hall–Kier alpha value is -2.90. The molecule has 1 N–H and O–H groups in total. The summed E-state index contributed by atoms with van der Waals surface area (Å²) < 4.78 is 10.9. The van der Waals surface area contributed by atoms with Crippen LogP contribution in [0.1, 0.15) is 37.6 Å². The molecule has 0 fully saturated rings. The highest BCUT2D eigenvalue weighted by molar-refractivity contribution is 7.14. The monoisotopic (exact) mass is 423 g/mol. The summed E-state index contributed by atoms with van der Waals surface area (Å²) >= 11 is 1.47. The number of hydrogen-bond acceptors (Lipinski definition) is 6. The molecule has 0 bridgehead atoms. The van der Waals surface area contributed by atoms with Gasteiger partial charge in [-0.1, -0.05) is 23.8 Å². The third-order valence-corrected chi connectivity index (χ3v) is 6.02. The fourth-order valence-electron chi connectivity index (χ4n) is 3.30. The first-order valence-electron chi connectivity index (χ1n) is 9.80. The Labute approximate surface area is 180 Å². The minimum atomic E-state index is -0.290. The van der Waals surface area contributed by atoms with Crippen LogP contribution in [0.15, 0.2) is 47.8 Å². The molecule has 1 aliphatic rings. The summed E-state index contributed by atoms with van der Waals surface area (Å²) in [4.78, 5) is 18.6. The molecular weight excluding hydrogens is 398 g/mol. The van der Waals surface area contributed by atoms with Crippen molar-refractivity contribution < 1.29 is 14.3 Å². The van der Waals surface area contributed by atoms with Gasteiger partial charge in [0.15, 0.2) is 16.6 Å². The van der Waals surface area contributed by atoms with Crippen LogP contribution in [-0.2, 0) is 16.9 Å². The van der Waals surface area contributed by atoms with Gasteiger partial charge >= 0.3 is 0 Å². The van der Waals surface area contributed by atoms with Crippen molar-refractivity contribution in [3.8, 4) is 11.5 Å². The van der Waals surface area contributed by atoms with Gasteiger partial charge in [-0.15, -0.1) is 11.3 Å². The summed E-state index contributed by atoms with van der Waals surface area (Å²) in [7, 11) is 0. The van der Waals surface area contributed by atoms with Gasteiger partial charge in [-0.05, 0) is 50.6 Å². The number of thiazole rings is 1. The Morgan fingerprint density at radius 1 is 1.17 bits per heavy atom. The highest BCUT2D eigenvalue weighted by atomic mass is 32.1. The maximum Gasteiger partial charge on any atom is 0.231 e. The van der Waals surface area contributed by atoms with Gasteiger partial charge in [-0.2, -0.15) is 0 Å². The normalized spacial score (nSPS) is 12.8. The number of hydrogen-bond donors (Lipinski definition) is 1. The van der Waals surface area contributed by atoms with Gasteiger partial charge in [0.1, 0.15) is 0 Å². The Kier molecular flexibility index (Phi) is 5.49. The first-order valence-corrected chi connectivity index (χ1v) is 10.7. The van der Waals surface area contributed by atoms with Crippen LogP contribution in [0.4, 0.5) is 10.8 Å². The second-order valence-corrected chi connectivity index (χ2v) is 8.69. The summed E-state index contributed by atoms with van der Waals surface area (Å²) in [5, 5.41) is 6.21. The number of benzene rings is 2. The van der Waals surface area contributed by atoms with Crippen LogP contribution in [0.3, 0.4) is 0 Å². The second kappa shape index (κ2) is 8.08. The molecule has 30 heavy (non-hydrogen) atoms. The Morgan fingerprint density at radius 3 is 2.63 bits per heavy atom. The average Bonchev–Trinajstić information content (AvgIpc) is 3.37. The van der Waals surface area contributed by atoms with Gasteiger partial charge in [-0.25, -0.2) is 4.98 Å². The average molecular weight is 424 g/mol. The van der Waals surface area contributed by atoms with Crippen LogP contribution in [0.25, 0.3) is 0 Å². The molecule has 0 unspecified atom stereocenters. The smallest absolute Gasteiger partial charge is 0.231 e. The third kappa shape index (κ3) is 4.17. The van der Waals surface area contributed by atoms with Crippen LogP contribution in [0, 0.1) is 6.92 Å². The topological polar surface area (TPSA) is 63.7 Å². The fraction of sp³-hybridized carbons (Fsp3) is 0.304. The number of ether oxygens (including phenoxy) is 2. The predicted molar refractivity (Wildman–Crippen MR) is 119 cm³/mol. The zero-order valence-electron chi connectivity index (χ0n) is 17.6. The number of anilines is 2. The molecule has 1 amide bonds. The van der Waals surface area contributed by atoms with E-state index in [-0.39, 0.29) is 18.2 Å². The number of carbonyl (C=O) groups is 1. The van der Waals surface area contributed by atoms with Crippen LogP contribution >= 0.6 is 11.3 Å². The van der Waals surface area contributed by atoms with Crippen molar-refractivity contribution in [3.05, 3.63) is 64.7 Å². The van der Waals surface area contributed by atoms with Gasteiger partial charge in [0.2, 0.25) is 12.7 Å². The summed E-state index contributed by atoms with van der Waals surface area (Å²) in [6, 6.07) is 13.9. The lowest BCUT2D eigenvalue weighted by Gasteiger charge is -2.27. The molecule has 2 heterocycles. The van der Waals surface area contributed by atoms with Gasteiger partial charge in [0.25, 0.3) is 0 Å². The zero-order chi connectivity index (χ0) is 21.3. The first kappa shape index (κ1) is 20.4. The van der Waals surface area contributed by atoms with Gasteiger partial charge < -0.3 is 14.8 Å². The molecule has 4 rings (SSSR count). The van der Waals surface area contributed by atoms with E-state index in [4.69, 9.17) is 14.5 Å². The number of aryl methyl sites for hydroxylation is 1. The van der Waals surface area contributed by atoms with Crippen LogP contribution in [0.2, 0.25) is 0 Å². The van der Waals surface area contributed by atoms with E-state index in [0.29, 0.717) is 11.7 Å². The summed E-state index contributed by atoms with van der Waals surface area (Å²) in [6.07, 6.45) is 0. The first-order chi connectivity index (χ1) is 14.3. The van der Waals surface area contributed by atoms with E-state index in [1.54, 1.807) is 11.8 Å². The second-order valence-electron chi connectivity index (χ2n) is 7.86. The van der Waals surface area contributed by atoms with Gasteiger partial charge in [0, 0.05) is 24.4 Å². The minimum absolute atomic E-state index is 0.0617. The maximum atomic E-state index is 12.3. The Balaban J connectivity index is 1.48. The molecule has 3 aromatic rings. The largest absolute Gasteiger partial charge is 0.454 e. The SMILES string of the molecule is CC(=O)N(c1ccc(C)cc1)c1nc(CNC(C)(C)c2ccc3c(c2)OCO3)cs1. The summed E-state index contributed by atoms with van der Waals surface area (Å²) in [5.74, 6) is 1.49. The van der Waals surface area contributed by atoms with Gasteiger partial charge in [-0.3, -0.25) is 9.69 Å². The summed E-state index contributed by atoms with van der Waals surface area (Å²) in [5.41, 5.74) is 3.68. The number of rotatable bonds is 6. The number of aromatic nitrogens is 1. The lowest BCUT2D eigenvalue weighted by atomic mass is 9.94. The highest BCUT2D eigenvalue weighted by Crippen LogP contribution is 2.36. The van der Waals surface area contributed by atoms with Crippen LogP contribution in [0.5, 0.6) is 11.5 Å². The van der Waals surface area contributed by atoms with E-state index < -0.39 is 0 Å². The molecule has 1 aromatic heterocycles. The molecule has 2 aromatic carbocycles. The van der Waals surface area contributed by atoms with Crippen molar-refractivity contribution >= 4 is 28.1 Å². The maximum absolute atomic E-state index is 12.3. The number of nitrogens with zero attached hydrogens (tertiary/aromatic N) is 2. The van der Waals surface area contributed by atoms with Crippen molar-refractivity contribution in [2.24, 2.45) is 0 Å². The highest BCUT2D eigenvalue weighted by Gasteiger charge is 2.24. The molecule has 0 saturated heterocycles. The van der Waals surface area contributed by atoms with Crippen molar-refractivity contribution in [2.75, 3.05) is 11.7 Å². The zero-order valence-corrected chi connectivity index (χ0v) is 18.4. The molecule has 6 nitrogen and oxygen atoms in total. The Morgan fingerprint density at radius 2 is 1.90 bits per heavy atom. The van der Waals surface area contributed by atoms with Crippen molar-refractivity contribution in [3.63, 3.8) is 0 Å². The number of nitrogens with one attached hydrogen (secondary N) is 1. The van der Waals surface area contributed by atoms with E-state index in [9.17, 15) is 4.79 Å². The van der Waals surface area contributed by atoms with Crippen LogP contribution in [-0.4, -0.2) is 17.7 Å². The molecule has 0 spiro atoms. The molecular formula is C23H25N3O3S. The number of fused-ring (bicyclic) bond motifs is 1. The molecule has 0 saturated carbocycles. The van der Waals surface area contributed by atoms with E-state index in [1.165, 1.54) is 11.3 Å². The van der Waals surface area contributed by atoms with Crippen LogP contribution < -0.4 is 19.7 Å². The predicted octanol–water partition coefficient (Wildman–Crippen LogP) is 4.89. The van der Waals surface area contributed by atoms with Crippen molar-refractivity contribution in [1.82, 2.24) is 10.3 Å². The third-order valence-electron chi connectivity index (χ3n) is 5.14. The minimum Gasteiger partial charge on any atom is -0.454 e. The number of carbonyl (C=O) groups excluding carboxylic acids is 1. The van der Waals surface area contributed by atoms with E-state index in [1.807, 2.05) is 54.8 Å². The molecule has 0 radical (unpaired) electrons. The van der Waals surface area contributed by atoms with E-state index in [2.05, 4.69) is 19.2 Å².